The number of aromatic nitrogens is 5. The van der Waals surface area contributed by atoms with Crippen molar-refractivity contribution in [3.8, 4) is 39.7 Å². The molecule has 0 bridgehead atoms. The van der Waals surface area contributed by atoms with Crippen molar-refractivity contribution in [2.24, 2.45) is 15.7 Å². The summed E-state index contributed by atoms with van der Waals surface area (Å²) in [4.78, 5) is 20.7. The van der Waals surface area contributed by atoms with Crippen molar-refractivity contribution in [2.75, 3.05) is 0 Å². The number of hydrogen-bond donors (Lipinski definition) is 1. The highest BCUT2D eigenvalue weighted by Crippen LogP contribution is 2.45. The molecule has 0 aliphatic carbocycles. The highest BCUT2D eigenvalue weighted by Gasteiger charge is 2.28. The summed E-state index contributed by atoms with van der Waals surface area (Å²) in [5, 5.41) is 3.35. The van der Waals surface area contributed by atoms with E-state index in [1.165, 1.54) is 0 Å². The molecule has 0 unspecified atom stereocenters. The molecule has 8 nitrogen and oxygen atoms in total. The van der Waals surface area contributed by atoms with Gasteiger partial charge in [0.2, 0.25) is 0 Å². The van der Waals surface area contributed by atoms with Crippen molar-refractivity contribution >= 4 is 55.5 Å². The number of fused-ring (bicyclic) bond motifs is 7. The Balaban J connectivity index is 0.000000677. The maximum absolute atomic E-state index is 6.75. The number of nitrogens with zero attached hydrogens (tertiary/aromatic N) is 7. The third-order valence-electron chi connectivity index (χ3n) is 13.1. The number of nitrogens with two attached hydrogens (primary N) is 1. The van der Waals surface area contributed by atoms with Gasteiger partial charge in [0.15, 0.2) is 11.5 Å². The minimum Gasteiger partial charge on any atom is -0.383 e. The molecule has 0 atom stereocenters. The highest BCUT2D eigenvalue weighted by atomic mass is 15.2. The van der Waals surface area contributed by atoms with Crippen LogP contribution in [0.2, 0.25) is 0 Å². The van der Waals surface area contributed by atoms with Gasteiger partial charge in [-0.15, -0.1) is 0 Å². The summed E-state index contributed by atoms with van der Waals surface area (Å²) in [6.07, 6.45) is 11.4. The van der Waals surface area contributed by atoms with Crippen molar-refractivity contribution < 1.29 is 0 Å². The van der Waals surface area contributed by atoms with Crippen LogP contribution >= 0.6 is 0 Å². The number of amidine groups is 2. The Hall–Kier alpha value is -9.92. The van der Waals surface area contributed by atoms with Crippen LogP contribution < -0.4 is 5.73 Å². The fraction of sp³-hybridized carbons (Fsp3) is 0.0588. The van der Waals surface area contributed by atoms with Crippen molar-refractivity contribution in [3.63, 3.8) is 0 Å². The van der Waals surface area contributed by atoms with E-state index in [0.29, 0.717) is 18.2 Å². The zero-order valence-electron chi connectivity index (χ0n) is 42.9. The molecule has 76 heavy (non-hydrogen) atoms. The second-order valence-electron chi connectivity index (χ2n) is 17.9. The van der Waals surface area contributed by atoms with E-state index in [2.05, 4.69) is 178 Å². The molecular weight excluding hydrogens is 929 g/mol. The van der Waals surface area contributed by atoms with Crippen LogP contribution in [-0.4, -0.2) is 35.3 Å². The molecule has 0 aliphatic rings. The molecule has 4 aromatic heterocycles. The zero-order chi connectivity index (χ0) is 52.2. The molecule has 0 spiro atoms. The lowest BCUT2D eigenvalue weighted by atomic mass is 10.1. The van der Waals surface area contributed by atoms with Crippen molar-refractivity contribution in [1.82, 2.24) is 23.7 Å². The number of rotatable bonds is 10. The standard InChI is InChI=1S/C59H42N8.C5H8.C4H8/c60-56(41-22-7-2-8-23-41)63-57(62-39-40-20-5-1-6-21-40)43-26-19-29-45(38-43)65-52-36-35-47-46-30-13-15-33-50(46)67(51-34-16-14-31-48(51)49-32-17-18-37-61-49)54(47)53(52)55-59(65)64-58(42-24-9-3-10-25-42)66(55)44-27-11-4-12-28-44;1-3-5-4-2;1-3-4-2/h1-38H,39H2,(H2,60,62,63);3-5H,1H2,2H3;3-4H,1-2H3/b;5-4-;4-3-. The van der Waals surface area contributed by atoms with Gasteiger partial charge in [0.1, 0.15) is 17.2 Å². The minimum atomic E-state index is 0.391. The Morgan fingerprint density at radius 2 is 1.20 bits per heavy atom. The first-order chi connectivity index (χ1) is 37.5. The van der Waals surface area contributed by atoms with Crippen molar-refractivity contribution in [3.05, 3.63) is 284 Å². The normalized spacial score (nSPS) is 11.8. The van der Waals surface area contributed by atoms with Gasteiger partial charge in [0.25, 0.3) is 0 Å². The van der Waals surface area contributed by atoms with Crippen LogP contribution in [0.15, 0.2) is 278 Å². The summed E-state index contributed by atoms with van der Waals surface area (Å²) in [6.45, 7) is 9.86. The van der Waals surface area contributed by atoms with Crippen molar-refractivity contribution in [2.45, 2.75) is 27.3 Å². The molecule has 2 N–H and O–H groups in total. The number of aliphatic imine (C=N–C) groups is 2. The Bertz CT molecular complexity index is 4050. The summed E-state index contributed by atoms with van der Waals surface area (Å²) in [5.74, 6) is 1.76. The fourth-order valence-corrected chi connectivity index (χ4v) is 9.55. The lowest BCUT2D eigenvalue weighted by Crippen LogP contribution is -2.16. The monoisotopic (exact) mass is 986 g/mol. The summed E-state index contributed by atoms with van der Waals surface area (Å²) in [5.41, 5.74) is 20.3. The maximum Gasteiger partial charge on any atom is 0.165 e. The summed E-state index contributed by atoms with van der Waals surface area (Å²) >= 11 is 0. The van der Waals surface area contributed by atoms with Crippen LogP contribution in [0, 0.1) is 0 Å². The molecule has 12 rings (SSSR count). The van der Waals surface area contributed by atoms with Crippen LogP contribution in [0.25, 0.3) is 83.6 Å². The Morgan fingerprint density at radius 3 is 1.89 bits per heavy atom. The number of allylic oxidation sites excluding steroid dienone is 5. The molecule has 8 heteroatoms. The third kappa shape index (κ3) is 10.1. The van der Waals surface area contributed by atoms with E-state index in [0.717, 1.165) is 100 Å². The van der Waals surface area contributed by atoms with Crippen molar-refractivity contribution in [1.29, 1.82) is 0 Å². The van der Waals surface area contributed by atoms with Crippen LogP contribution in [0.4, 0.5) is 0 Å². The molecule has 8 aromatic carbocycles. The average Bonchev–Trinajstić information content (AvgIpc) is 4.17. The first-order valence-corrected chi connectivity index (χ1v) is 25.5. The van der Waals surface area contributed by atoms with Gasteiger partial charge in [-0.3, -0.25) is 19.1 Å². The number of para-hydroxylation sites is 3. The lowest BCUT2D eigenvalue weighted by molar-refractivity contribution is 1.06. The van der Waals surface area contributed by atoms with E-state index in [1.807, 2.05) is 118 Å². The van der Waals surface area contributed by atoms with Gasteiger partial charge in [0.05, 0.1) is 39.9 Å². The highest BCUT2D eigenvalue weighted by molar-refractivity contribution is 6.26. The van der Waals surface area contributed by atoms with Crippen LogP contribution in [0.3, 0.4) is 0 Å². The van der Waals surface area contributed by atoms with Crippen LogP contribution in [-0.2, 0) is 6.54 Å². The molecule has 0 saturated carbocycles. The SMILES string of the molecule is C/C=C\C.C=C/C=C\C.NC(=NC(=NCc1ccccc1)c1cccc(-n2c3ccc4c5ccccc5n(-c5ccccc5-c5ccccn5)c4c3c3c2nc(-c2ccccc2)n3-c2ccccc2)c1)c1ccccc1. The van der Waals surface area contributed by atoms with Gasteiger partial charge in [-0.25, -0.2) is 9.98 Å². The van der Waals surface area contributed by atoms with E-state index in [9.17, 15) is 0 Å². The van der Waals surface area contributed by atoms with Gasteiger partial charge in [0, 0.05) is 50.6 Å². The second-order valence-corrected chi connectivity index (χ2v) is 17.9. The largest absolute Gasteiger partial charge is 0.383 e. The smallest absolute Gasteiger partial charge is 0.165 e. The molecule has 0 radical (unpaired) electrons. The first kappa shape index (κ1) is 49.6. The van der Waals surface area contributed by atoms with Gasteiger partial charge in [-0.2, -0.15) is 0 Å². The predicted molar refractivity (Wildman–Crippen MR) is 320 cm³/mol. The number of benzene rings is 8. The minimum absolute atomic E-state index is 0.391. The molecule has 12 aromatic rings. The molecule has 0 amide bonds. The zero-order valence-corrected chi connectivity index (χ0v) is 42.9. The quantitative estimate of drug-likeness (QED) is 0.0640. The first-order valence-electron chi connectivity index (χ1n) is 25.5. The molecule has 0 fully saturated rings. The van der Waals surface area contributed by atoms with E-state index in [4.69, 9.17) is 25.7 Å². The van der Waals surface area contributed by atoms with E-state index in [1.54, 1.807) is 6.08 Å². The van der Waals surface area contributed by atoms with Gasteiger partial charge < -0.3 is 10.3 Å². The third-order valence-corrected chi connectivity index (χ3v) is 13.1. The topological polar surface area (TPSA) is 91.3 Å². The fourth-order valence-electron chi connectivity index (χ4n) is 9.55. The van der Waals surface area contributed by atoms with Crippen LogP contribution in [0.5, 0.6) is 0 Å². The van der Waals surface area contributed by atoms with Gasteiger partial charge in [-0.1, -0.05) is 207 Å². The molecule has 4 heterocycles. The number of imidazole rings is 1. The lowest BCUT2D eigenvalue weighted by Gasteiger charge is -2.15. The molecular formula is C68H58N8. The van der Waals surface area contributed by atoms with E-state index >= 15 is 0 Å². The van der Waals surface area contributed by atoms with Gasteiger partial charge >= 0.3 is 0 Å². The van der Waals surface area contributed by atoms with E-state index in [-0.39, 0.29) is 0 Å². The molecule has 370 valence electrons. The summed E-state index contributed by atoms with van der Waals surface area (Å²) in [6, 6.07) is 77.4. The molecule has 0 aliphatic heterocycles. The number of pyridine rings is 1. The Labute approximate surface area is 444 Å². The second kappa shape index (κ2) is 23.3. The van der Waals surface area contributed by atoms with E-state index < -0.39 is 0 Å². The predicted octanol–water partition coefficient (Wildman–Crippen LogP) is 16.5. The van der Waals surface area contributed by atoms with Gasteiger partial charge in [-0.05, 0) is 80.9 Å². The number of hydrogen-bond acceptors (Lipinski definition) is 3. The Kier molecular flexibility index (Phi) is 15.2. The summed E-state index contributed by atoms with van der Waals surface area (Å²) in [7, 11) is 0. The average molecular weight is 987 g/mol. The van der Waals surface area contributed by atoms with Crippen LogP contribution in [0.1, 0.15) is 37.5 Å². The summed E-state index contributed by atoms with van der Waals surface area (Å²) < 4.78 is 7.06. The molecule has 0 saturated heterocycles. The maximum atomic E-state index is 6.75. The Morgan fingerprint density at radius 1 is 0.553 bits per heavy atom.